The van der Waals surface area contributed by atoms with Gasteiger partial charge in [-0.2, -0.15) is 10.2 Å². The van der Waals surface area contributed by atoms with Crippen LogP contribution in [0.4, 0.5) is 27.8 Å². The molecular formula is C17H13ClF5N5O. The summed E-state index contributed by atoms with van der Waals surface area (Å²) < 4.78 is 69.6. The first kappa shape index (κ1) is 20.8. The van der Waals surface area contributed by atoms with Crippen molar-refractivity contribution < 1.29 is 26.7 Å². The molecule has 0 fully saturated rings. The molecule has 154 valence electrons. The van der Waals surface area contributed by atoms with E-state index < -0.39 is 52.6 Å². The number of anilines is 1. The number of aromatic nitrogens is 4. The van der Waals surface area contributed by atoms with Crippen LogP contribution in [0, 0.1) is 29.1 Å². The molecule has 0 aliphatic heterocycles. The molecule has 6 nitrogen and oxygen atoms in total. The average molecular weight is 434 g/mol. The van der Waals surface area contributed by atoms with E-state index in [-0.39, 0.29) is 5.82 Å². The van der Waals surface area contributed by atoms with Crippen molar-refractivity contribution in [2.75, 3.05) is 5.32 Å². The molecule has 0 atom stereocenters. The first-order valence-corrected chi connectivity index (χ1v) is 8.46. The Morgan fingerprint density at radius 3 is 2.24 bits per heavy atom. The summed E-state index contributed by atoms with van der Waals surface area (Å²) in [5, 5.41) is 10.7. The number of amides is 1. The van der Waals surface area contributed by atoms with Crippen LogP contribution in [0.25, 0.3) is 0 Å². The summed E-state index contributed by atoms with van der Waals surface area (Å²) in [7, 11) is 0. The molecule has 2 aromatic heterocycles. The molecule has 2 heterocycles. The molecule has 29 heavy (non-hydrogen) atoms. The van der Waals surface area contributed by atoms with Crippen LogP contribution in [-0.2, 0) is 16.9 Å². The van der Waals surface area contributed by atoms with Crippen molar-refractivity contribution in [2.45, 2.75) is 25.9 Å². The second-order valence-electron chi connectivity index (χ2n) is 6.56. The third-order valence-electron chi connectivity index (χ3n) is 4.18. The van der Waals surface area contributed by atoms with Crippen LogP contribution >= 0.6 is 11.6 Å². The number of carbonyl (C=O) groups excluding carboxylic acids is 1. The normalized spacial score (nSPS) is 11.7. The van der Waals surface area contributed by atoms with E-state index >= 15 is 0 Å². The van der Waals surface area contributed by atoms with Gasteiger partial charge in [-0.3, -0.25) is 14.2 Å². The van der Waals surface area contributed by atoms with E-state index in [0.717, 1.165) is 4.68 Å². The molecule has 3 aromatic rings. The maximum atomic E-state index is 13.8. The third kappa shape index (κ3) is 3.82. The molecule has 12 heteroatoms. The van der Waals surface area contributed by atoms with Crippen molar-refractivity contribution in [1.82, 2.24) is 19.6 Å². The Kier molecular flexibility index (Phi) is 5.35. The second-order valence-corrected chi connectivity index (χ2v) is 7.00. The molecule has 0 saturated carbocycles. The van der Waals surface area contributed by atoms with Crippen molar-refractivity contribution >= 4 is 23.3 Å². The second kappa shape index (κ2) is 7.47. The molecule has 0 bridgehead atoms. The molecule has 0 spiro atoms. The van der Waals surface area contributed by atoms with Gasteiger partial charge >= 0.3 is 0 Å². The lowest BCUT2D eigenvalue weighted by molar-refractivity contribution is -0.123. The molecule has 1 aromatic carbocycles. The molecule has 0 radical (unpaired) electrons. The lowest BCUT2D eigenvalue weighted by Crippen LogP contribution is -2.40. The van der Waals surface area contributed by atoms with Crippen LogP contribution in [0.15, 0.2) is 24.7 Å². The van der Waals surface area contributed by atoms with Gasteiger partial charge in [-0.15, -0.1) is 0 Å². The highest BCUT2D eigenvalue weighted by atomic mass is 35.5. The molecule has 0 unspecified atom stereocenters. The molecular weight excluding hydrogens is 421 g/mol. The van der Waals surface area contributed by atoms with Crippen molar-refractivity contribution in [3.8, 4) is 0 Å². The highest BCUT2D eigenvalue weighted by Crippen LogP contribution is 2.24. The van der Waals surface area contributed by atoms with Gasteiger partial charge in [0, 0.05) is 18.5 Å². The Balaban J connectivity index is 1.79. The minimum Gasteiger partial charge on any atom is -0.307 e. The van der Waals surface area contributed by atoms with Crippen molar-refractivity contribution in [3.05, 3.63) is 64.3 Å². The Labute approximate surface area is 165 Å². The summed E-state index contributed by atoms with van der Waals surface area (Å²) in [6.45, 7) is 2.40. The minimum absolute atomic E-state index is 0.00481. The van der Waals surface area contributed by atoms with Crippen molar-refractivity contribution in [3.63, 3.8) is 0 Å². The summed E-state index contributed by atoms with van der Waals surface area (Å²) >= 11 is 5.80. The van der Waals surface area contributed by atoms with Gasteiger partial charge < -0.3 is 5.32 Å². The number of hydrogen-bond donors (Lipinski definition) is 1. The number of carbonyl (C=O) groups is 1. The lowest BCUT2D eigenvalue weighted by atomic mass is 10.1. The van der Waals surface area contributed by atoms with Crippen molar-refractivity contribution in [2.24, 2.45) is 0 Å². The standard InChI is InChI=1S/C17H13ClF5N5O/c1-17(2,28-6-8(18)5-24-28)16(29)25-10-3-4-27(26-10)7-9-11(19)13(21)15(23)14(22)12(9)20/h3-6H,7H2,1-2H3,(H,25,26,29). The fourth-order valence-electron chi connectivity index (χ4n) is 2.45. The van der Waals surface area contributed by atoms with Gasteiger partial charge in [-0.05, 0) is 13.8 Å². The van der Waals surface area contributed by atoms with Crippen LogP contribution in [0.2, 0.25) is 5.02 Å². The maximum absolute atomic E-state index is 13.8. The predicted octanol–water partition coefficient (Wildman–Crippen LogP) is 3.85. The summed E-state index contributed by atoms with van der Waals surface area (Å²) in [5.74, 6) is -10.7. The van der Waals surface area contributed by atoms with Crippen LogP contribution in [0.1, 0.15) is 19.4 Å². The lowest BCUT2D eigenvalue weighted by Gasteiger charge is -2.23. The summed E-state index contributed by atoms with van der Waals surface area (Å²) in [6, 6.07) is 1.30. The molecule has 1 N–H and O–H groups in total. The number of hydrogen-bond acceptors (Lipinski definition) is 3. The number of halogens is 6. The monoisotopic (exact) mass is 433 g/mol. The van der Waals surface area contributed by atoms with Gasteiger partial charge in [-0.25, -0.2) is 22.0 Å². The van der Waals surface area contributed by atoms with E-state index in [9.17, 15) is 26.7 Å². The topological polar surface area (TPSA) is 64.7 Å². The predicted molar refractivity (Wildman–Crippen MR) is 92.7 cm³/mol. The average Bonchev–Trinajstić information content (AvgIpc) is 3.31. The zero-order chi connectivity index (χ0) is 21.5. The first-order valence-electron chi connectivity index (χ1n) is 8.08. The van der Waals surface area contributed by atoms with E-state index in [0.29, 0.717) is 5.02 Å². The molecule has 0 aliphatic rings. The number of nitrogens with one attached hydrogen (secondary N) is 1. The Bertz CT molecular complexity index is 1070. The first-order chi connectivity index (χ1) is 13.5. The van der Waals surface area contributed by atoms with Gasteiger partial charge in [0.2, 0.25) is 5.82 Å². The molecule has 3 rings (SSSR count). The largest absolute Gasteiger partial charge is 0.307 e. The van der Waals surface area contributed by atoms with Gasteiger partial charge in [0.1, 0.15) is 5.54 Å². The fraction of sp³-hybridized carbons (Fsp3) is 0.235. The third-order valence-corrected chi connectivity index (χ3v) is 4.38. The molecule has 0 saturated heterocycles. The van der Waals surface area contributed by atoms with E-state index in [1.807, 2.05) is 0 Å². The van der Waals surface area contributed by atoms with Crippen LogP contribution < -0.4 is 5.32 Å². The van der Waals surface area contributed by atoms with Gasteiger partial charge in [0.05, 0.1) is 23.3 Å². The Morgan fingerprint density at radius 1 is 1.10 bits per heavy atom. The smallest absolute Gasteiger partial charge is 0.252 e. The zero-order valence-electron chi connectivity index (χ0n) is 15.0. The van der Waals surface area contributed by atoms with Gasteiger partial charge in [0.15, 0.2) is 29.1 Å². The van der Waals surface area contributed by atoms with Crippen molar-refractivity contribution in [1.29, 1.82) is 0 Å². The molecule has 0 aliphatic carbocycles. The number of nitrogens with zero attached hydrogens (tertiary/aromatic N) is 4. The quantitative estimate of drug-likeness (QED) is 0.377. The van der Waals surface area contributed by atoms with E-state index in [4.69, 9.17) is 11.6 Å². The summed E-state index contributed by atoms with van der Waals surface area (Å²) in [5.41, 5.74) is -2.20. The molecule has 1 amide bonds. The zero-order valence-corrected chi connectivity index (χ0v) is 15.7. The van der Waals surface area contributed by atoms with Gasteiger partial charge in [-0.1, -0.05) is 11.6 Å². The maximum Gasteiger partial charge on any atom is 0.252 e. The van der Waals surface area contributed by atoms with Crippen LogP contribution in [0.5, 0.6) is 0 Å². The van der Waals surface area contributed by atoms with Crippen LogP contribution in [-0.4, -0.2) is 25.5 Å². The Hall–Kier alpha value is -2.95. The highest BCUT2D eigenvalue weighted by molar-refractivity contribution is 6.30. The van der Waals surface area contributed by atoms with E-state index in [2.05, 4.69) is 15.5 Å². The minimum atomic E-state index is -2.24. The summed E-state index contributed by atoms with van der Waals surface area (Å²) in [4.78, 5) is 12.5. The Morgan fingerprint density at radius 2 is 1.69 bits per heavy atom. The number of rotatable bonds is 5. The van der Waals surface area contributed by atoms with E-state index in [1.54, 1.807) is 13.8 Å². The van der Waals surface area contributed by atoms with Crippen LogP contribution in [0.3, 0.4) is 0 Å². The SMILES string of the molecule is CC(C)(C(=O)Nc1ccn(Cc2c(F)c(F)c(F)c(F)c2F)n1)n1cc(Cl)cn1. The van der Waals surface area contributed by atoms with Gasteiger partial charge in [0.25, 0.3) is 5.91 Å². The summed E-state index contributed by atoms with van der Waals surface area (Å²) in [6.07, 6.45) is 4.02. The fourth-order valence-corrected chi connectivity index (χ4v) is 2.58. The highest BCUT2D eigenvalue weighted by Gasteiger charge is 2.31. The number of benzene rings is 1. The van der Waals surface area contributed by atoms with E-state index in [1.165, 1.54) is 29.3 Å².